The topological polar surface area (TPSA) is 84.9 Å². The van der Waals surface area contributed by atoms with Crippen LogP contribution in [-0.2, 0) is 20.9 Å². The standard InChI is InChI=1S/C19H22N2O5S/c1-3-21(12-17(22)20-11-16-5-4-10-27-16)18(23)13-26-15-8-6-14(7-9-15)19(24)25-2/h4-10H,3,11-13H2,1-2H3,(H,20,22). The number of thiophene rings is 1. The molecule has 8 heteroatoms. The van der Waals surface area contributed by atoms with Crippen LogP contribution >= 0.6 is 11.3 Å². The number of amides is 2. The summed E-state index contributed by atoms with van der Waals surface area (Å²) in [6.45, 7) is 2.44. The van der Waals surface area contributed by atoms with Gasteiger partial charge in [0.15, 0.2) is 6.61 Å². The number of methoxy groups -OCH3 is 1. The van der Waals surface area contributed by atoms with Crippen LogP contribution in [0.3, 0.4) is 0 Å². The summed E-state index contributed by atoms with van der Waals surface area (Å²) in [6, 6.07) is 10.1. The van der Waals surface area contributed by atoms with E-state index in [9.17, 15) is 14.4 Å². The number of esters is 1. The second-order valence-corrected chi connectivity index (χ2v) is 6.60. The molecule has 0 atom stereocenters. The monoisotopic (exact) mass is 390 g/mol. The Bertz CT molecular complexity index is 759. The third-order valence-corrected chi connectivity index (χ3v) is 4.62. The lowest BCUT2D eigenvalue weighted by Crippen LogP contribution is -2.42. The molecule has 0 fully saturated rings. The fourth-order valence-corrected chi connectivity index (χ4v) is 2.89. The number of carbonyl (C=O) groups excluding carboxylic acids is 3. The predicted octanol–water partition coefficient (Wildman–Crippen LogP) is 2.08. The van der Waals surface area contributed by atoms with Crippen LogP contribution in [0.4, 0.5) is 0 Å². The molecular formula is C19H22N2O5S. The van der Waals surface area contributed by atoms with Crippen LogP contribution in [0.2, 0.25) is 0 Å². The number of nitrogens with one attached hydrogen (secondary N) is 1. The Morgan fingerprint density at radius 1 is 1.15 bits per heavy atom. The molecule has 0 saturated carbocycles. The number of carbonyl (C=O) groups is 3. The first kappa shape index (κ1) is 20.4. The van der Waals surface area contributed by atoms with Crippen molar-refractivity contribution in [1.29, 1.82) is 0 Å². The Balaban J connectivity index is 1.79. The molecule has 7 nitrogen and oxygen atoms in total. The SMILES string of the molecule is CCN(CC(=O)NCc1cccs1)C(=O)COc1ccc(C(=O)OC)cc1. The van der Waals surface area contributed by atoms with Gasteiger partial charge in [-0.3, -0.25) is 9.59 Å². The molecule has 0 aliphatic rings. The molecule has 1 aromatic carbocycles. The van der Waals surface area contributed by atoms with E-state index in [0.717, 1.165) is 4.88 Å². The van der Waals surface area contributed by atoms with E-state index in [2.05, 4.69) is 10.1 Å². The van der Waals surface area contributed by atoms with Crippen molar-refractivity contribution >= 4 is 29.1 Å². The molecule has 2 aromatic rings. The van der Waals surface area contributed by atoms with Crippen molar-refractivity contribution in [2.45, 2.75) is 13.5 Å². The summed E-state index contributed by atoms with van der Waals surface area (Å²) in [4.78, 5) is 38.2. The summed E-state index contributed by atoms with van der Waals surface area (Å²) in [6.07, 6.45) is 0. The largest absolute Gasteiger partial charge is 0.484 e. The number of likely N-dealkylation sites (N-methyl/N-ethyl adjacent to an activating group) is 1. The minimum absolute atomic E-state index is 0.0225. The van der Waals surface area contributed by atoms with E-state index in [1.54, 1.807) is 42.5 Å². The molecule has 1 N–H and O–H groups in total. The molecule has 1 heterocycles. The lowest BCUT2D eigenvalue weighted by molar-refractivity contribution is -0.137. The average Bonchev–Trinajstić information content (AvgIpc) is 3.22. The Labute approximate surface area is 161 Å². The van der Waals surface area contributed by atoms with Crippen LogP contribution in [0.5, 0.6) is 5.75 Å². The van der Waals surface area contributed by atoms with Gasteiger partial charge in [-0.2, -0.15) is 0 Å². The first-order valence-electron chi connectivity index (χ1n) is 8.41. The maximum Gasteiger partial charge on any atom is 0.337 e. The van der Waals surface area contributed by atoms with Gasteiger partial charge in [-0.15, -0.1) is 11.3 Å². The molecule has 0 saturated heterocycles. The predicted molar refractivity (Wildman–Crippen MR) is 102 cm³/mol. The van der Waals surface area contributed by atoms with Crippen molar-refractivity contribution in [2.24, 2.45) is 0 Å². The molecule has 0 aliphatic carbocycles. The average molecular weight is 390 g/mol. The van der Waals surface area contributed by atoms with E-state index in [0.29, 0.717) is 24.4 Å². The van der Waals surface area contributed by atoms with Crippen LogP contribution in [0, 0.1) is 0 Å². The van der Waals surface area contributed by atoms with E-state index < -0.39 is 5.97 Å². The van der Waals surface area contributed by atoms with Crippen molar-refractivity contribution in [3.05, 3.63) is 52.2 Å². The first-order valence-corrected chi connectivity index (χ1v) is 9.29. The van der Waals surface area contributed by atoms with Crippen molar-refractivity contribution in [1.82, 2.24) is 10.2 Å². The number of hydrogen-bond acceptors (Lipinski definition) is 6. The zero-order valence-electron chi connectivity index (χ0n) is 15.3. The van der Waals surface area contributed by atoms with E-state index in [1.807, 2.05) is 17.5 Å². The highest BCUT2D eigenvalue weighted by atomic mass is 32.1. The third-order valence-electron chi connectivity index (χ3n) is 3.75. The number of benzene rings is 1. The first-order chi connectivity index (χ1) is 13.0. The lowest BCUT2D eigenvalue weighted by atomic mass is 10.2. The summed E-state index contributed by atoms with van der Waals surface area (Å²) < 4.78 is 10.1. The molecular weight excluding hydrogens is 368 g/mol. The molecule has 0 radical (unpaired) electrons. The number of hydrogen-bond donors (Lipinski definition) is 1. The van der Waals surface area contributed by atoms with Crippen LogP contribution < -0.4 is 10.1 Å². The van der Waals surface area contributed by atoms with Gasteiger partial charge in [0.2, 0.25) is 5.91 Å². The van der Waals surface area contributed by atoms with Gasteiger partial charge < -0.3 is 19.7 Å². The summed E-state index contributed by atoms with van der Waals surface area (Å²) in [5.74, 6) is -0.501. The van der Waals surface area contributed by atoms with Crippen LogP contribution in [0.25, 0.3) is 0 Å². The molecule has 27 heavy (non-hydrogen) atoms. The Morgan fingerprint density at radius 2 is 1.89 bits per heavy atom. The van der Waals surface area contributed by atoms with E-state index in [1.165, 1.54) is 12.0 Å². The van der Waals surface area contributed by atoms with E-state index in [-0.39, 0.29) is 25.0 Å². The molecule has 2 rings (SSSR count). The normalized spacial score (nSPS) is 10.1. The molecule has 1 aromatic heterocycles. The van der Waals surface area contributed by atoms with Crippen LogP contribution in [0.15, 0.2) is 41.8 Å². The van der Waals surface area contributed by atoms with Gasteiger partial charge in [0.1, 0.15) is 5.75 Å². The summed E-state index contributed by atoms with van der Waals surface area (Å²) >= 11 is 1.56. The van der Waals surface area contributed by atoms with Gasteiger partial charge in [-0.05, 0) is 42.6 Å². The number of nitrogens with zero attached hydrogens (tertiary/aromatic N) is 1. The fourth-order valence-electron chi connectivity index (χ4n) is 2.25. The molecule has 2 amide bonds. The summed E-state index contributed by atoms with van der Waals surface area (Å²) in [5, 5.41) is 4.74. The zero-order chi connectivity index (χ0) is 19.6. The van der Waals surface area contributed by atoms with Crippen molar-refractivity contribution in [2.75, 3.05) is 26.8 Å². The fraction of sp³-hybridized carbons (Fsp3) is 0.316. The highest BCUT2D eigenvalue weighted by molar-refractivity contribution is 7.09. The van der Waals surface area contributed by atoms with Gasteiger partial charge in [-0.1, -0.05) is 6.07 Å². The second-order valence-electron chi connectivity index (χ2n) is 5.57. The molecule has 0 aliphatic heterocycles. The molecule has 0 spiro atoms. The second kappa shape index (κ2) is 10.3. The number of rotatable bonds is 9. The zero-order valence-corrected chi connectivity index (χ0v) is 16.1. The van der Waals surface area contributed by atoms with Crippen LogP contribution in [-0.4, -0.2) is 49.5 Å². The highest BCUT2D eigenvalue weighted by Crippen LogP contribution is 2.13. The van der Waals surface area contributed by atoms with E-state index in [4.69, 9.17) is 4.74 Å². The van der Waals surface area contributed by atoms with Crippen molar-refractivity contribution in [3.63, 3.8) is 0 Å². The highest BCUT2D eigenvalue weighted by Gasteiger charge is 2.16. The van der Waals surface area contributed by atoms with Crippen molar-refractivity contribution in [3.8, 4) is 5.75 Å². The van der Waals surface area contributed by atoms with Gasteiger partial charge in [0, 0.05) is 11.4 Å². The number of ether oxygens (including phenoxy) is 2. The minimum Gasteiger partial charge on any atom is -0.484 e. The molecule has 144 valence electrons. The van der Waals surface area contributed by atoms with Crippen LogP contribution in [0.1, 0.15) is 22.2 Å². The third kappa shape index (κ3) is 6.41. The maximum atomic E-state index is 12.3. The summed E-state index contributed by atoms with van der Waals surface area (Å²) in [7, 11) is 1.31. The van der Waals surface area contributed by atoms with Crippen molar-refractivity contribution < 1.29 is 23.9 Å². The molecule has 0 unspecified atom stereocenters. The van der Waals surface area contributed by atoms with Gasteiger partial charge in [0.05, 0.1) is 25.8 Å². The lowest BCUT2D eigenvalue weighted by Gasteiger charge is -2.20. The van der Waals surface area contributed by atoms with E-state index >= 15 is 0 Å². The quantitative estimate of drug-likeness (QED) is 0.663. The summed E-state index contributed by atoms with van der Waals surface area (Å²) in [5.41, 5.74) is 0.397. The Hall–Kier alpha value is -2.87. The molecule has 0 bridgehead atoms. The van der Waals surface area contributed by atoms with Gasteiger partial charge in [-0.25, -0.2) is 4.79 Å². The van der Waals surface area contributed by atoms with Gasteiger partial charge in [0.25, 0.3) is 5.91 Å². The Morgan fingerprint density at radius 3 is 2.48 bits per heavy atom. The maximum absolute atomic E-state index is 12.3. The minimum atomic E-state index is -0.441. The Kier molecular flexibility index (Phi) is 7.81. The van der Waals surface area contributed by atoms with Gasteiger partial charge >= 0.3 is 5.97 Å². The smallest absolute Gasteiger partial charge is 0.337 e.